The van der Waals surface area contributed by atoms with Crippen LogP contribution in [0.25, 0.3) is 0 Å². The topological polar surface area (TPSA) is 50.8 Å². The quantitative estimate of drug-likeness (QED) is 0.792. The van der Waals surface area contributed by atoms with E-state index < -0.39 is 0 Å². The number of ether oxygens (including phenoxy) is 2. The summed E-state index contributed by atoms with van der Waals surface area (Å²) in [6.45, 7) is 6.43. The van der Waals surface area contributed by atoms with Gasteiger partial charge in [-0.1, -0.05) is 44.2 Å². The number of nitrogens with zero attached hydrogens (tertiary/aromatic N) is 1. The fourth-order valence-corrected chi connectivity index (χ4v) is 4.67. The lowest BCUT2D eigenvalue weighted by molar-refractivity contribution is -0.119. The number of fused-ring (bicyclic) bond motifs is 1. The van der Waals surface area contributed by atoms with Gasteiger partial charge in [-0.25, -0.2) is 0 Å². The van der Waals surface area contributed by atoms with E-state index in [1.54, 1.807) is 0 Å². The van der Waals surface area contributed by atoms with Crippen molar-refractivity contribution >= 4 is 11.6 Å². The van der Waals surface area contributed by atoms with Crippen LogP contribution in [0.2, 0.25) is 0 Å². The minimum atomic E-state index is 0.0901. The van der Waals surface area contributed by atoms with Crippen LogP contribution in [0.1, 0.15) is 44.6 Å². The monoisotopic (exact) mass is 394 g/mol. The van der Waals surface area contributed by atoms with Crippen LogP contribution in [-0.2, 0) is 4.79 Å². The lowest BCUT2D eigenvalue weighted by Gasteiger charge is -2.42. The number of anilines is 1. The van der Waals surface area contributed by atoms with Gasteiger partial charge in [-0.15, -0.1) is 0 Å². The highest BCUT2D eigenvalue weighted by atomic mass is 16.7. The van der Waals surface area contributed by atoms with Crippen LogP contribution in [0.4, 0.5) is 5.69 Å². The van der Waals surface area contributed by atoms with Gasteiger partial charge in [0.25, 0.3) is 0 Å². The van der Waals surface area contributed by atoms with Crippen molar-refractivity contribution in [3.63, 3.8) is 0 Å². The molecule has 1 N–H and O–H groups in total. The van der Waals surface area contributed by atoms with Gasteiger partial charge in [0.05, 0.1) is 0 Å². The second kappa shape index (κ2) is 8.87. The average molecular weight is 395 g/mol. The Hall–Kier alpha value is -2.53. The standard InChI is InChI=1S/C24H30N2O3/c1-3-23(27)26(20-9-10-21-22(15-20)29-16-28-21)24(19-11-13-25-14-12-19)17(2)18-7-5-4-6-8-18/h4-10,15,17,19,24-25H,3,11-14,16H2,1-2H3. The number of amides is 1. The molecule has 154 valence electrons. The van der Waals surface area contributed by atoms with Crippen LogP contribution in [-0.4, -0.2) is 31.8 Å². The van der Waals surface area contributed by atoms with Crippen LogP contribution >= 0.6 is 0 Å². The number of rotatable bonds is 6. The van der Waals surface area contributed by atoms with Crippen LogP contribution in [0, 0.1) is 5.92 Å². The highest BCUT2D eigenvalue weighted by Gasteiger charge is 2.37. The van der Waals surface area contributed by atoms with E-state index in [2.05, 4.69) is 36.5 Å². The number of hydrogen-bond acceptors (Lipinski definition) is 4. The molecule has 5 nitrogen and oxygen atoms in total. The molecule has 2 aliphatic rings. The maximum absolute atomic E-state index is 13.3. The Balaban J connectivity index is 1.76. The van der Waals surface area contributed by atoms with Crippen molar-refractivity contribution in [2.24, 2.45) is 5.92 Å². The fourth-order valence-electron chi connectivity index (χ4n) is 4.67. The molecule has 1 saturated heterocycles. The zero-order valence-corrected chi connectivity index (χ0v) is 17.3. The summed E-state index contributed by atoms with van der Waals surface area (Å²) in [5, 5.41) is 3.46. The SMILES string of the molecule is CCC(=O)N(c1ccc2c(c1)OCO2)C(C1CCNCC1)C(C)c1ccccc1. The van der Waals surface area contributed by atoms with E-state index in [-0.39, 0.29) is 24.7 Å². The van der Waals surface area contributed by atoms with E-state index in [1.165, 1.54) is 5.56 Å². The van der Waals surface area contributed by atoms with Crippen molar-refractivity contribution in [1.29, 1.82) is 0 Å². The summed E-state index contributed by atoms with van der Waals surface area (Å²) >= 11 is 0. The van der Waals surface area contributed by atoms with Crippen molar-refractivity contribution in [3.05, 3.63) is 54.1 Å². The molecule has 5 heteroatoms. The Kier molecular flexibility index (Phi) is 6.05. The fraction of sp³-hybridized carbons (Fsp3) is 0.458. The number of carbonyl (C=O) groups is 1. The normalized spacial score (nSPS) is 18.3. The van der Waals surface area contributed by atoms with E-state index in [0.717, 1.165) is 37.4 Å². The van der Waals surface area contributed by atoms with Crippen molar-refractivity contribution in [3.8, 4) is 11.5 Å². The lowest BCUT2D eigenvalue weighted by atomic mass is 9.79. The predicted octanol–water partition coefficient (Wildman–Crippen LogP) is 4.33. The minimum absolute atomic E-state index is 0.0901. The van der Waals surface area contributed by atoms with Gasteiger partial charge in [-0.05, 0) is 49.5 Å². The second-order valence-corrected chi connectivity index (χ2v) is 7.93. The van der Waals surface area contributed by atoms with Gasteiger partial charge in [0.1, 0.15) is 0 Å². The molecule has 2 atom stereocenters. The molecule has 1 fully saturated rings. The molecular weight excluding hydrogens is 364 g/mol. The maximum Gasteiger partial charge on any atom is 0.231 e. The first-order valence-corrected chi connectivity index (χ1v) is 10.7. The van der Waals surface area contributed by atoms with E-state index in [1.807, 2.05) is 36.1 Å². The summed E-state index contributed by atoms with van der Waals surface area (Å²) in [6, 6.07) is 16.5. The van der Waals surface area contributed by atoms with Gasteiger partial charge < -0.3 is 19.7 Å². The molecule has 2 aliphatic heterocycles. The molecule has 0 spiro atoms. The largest absolute Gasteiger partial charge is 0.454 e. The van der Waals surface area contributed by atoms with Gasteiger partial charge in [-0.3, -0.25) is 4.79 Å². The van der Waals surface area contributed by atoms with Crippen molar-refractivity contribution in [2.75, 3.05) is 24.8 Å². The van der Waals surface area contributed by atoms with Crippen molar-refractivity contribution in [1.82, 2.24) is 5.32 Å². The molecule has 2 aromatic carbocycles. The highest BCUT2D eigenvalue weighted by Crippen LogP contribution is 2.40. The van der Waals surface area contributed by atoms with Crippen LogP contribution in [0.5, 0.6) is 11.5 Å². The third-order valence-corrected chi connectivity index (χ3v) is 6.21. The molecular formula is C24H30N2O3. The Morgan fingerprint density at radius 1 is 1.10 bits per heavy atom. The maximum atomic E-state index is 13.3. The van der Waals surface area contributed by atoms with E-state index in [9.17, 15) is 4.79 Å². The van der Waals surface area contributed by atoms with Crippen LogP contribution < -0.4 is 19.7 Å². The second-order valence-electron chi connectivity index (χ2n) is 7.93. The molecule has 0 aliphatic carbocycles. The summed E-state index contributed by atoms with van der Waals surface area (Å²) in [4.78, 5) is 15.3. The number of hydrogen-bond donors (Lipinski definition) is 1. The van der Waals surface area contributed by atoms with Gasteiger partial charge in [-0.2, -0.15) is 0 Å². The van der Waals surface area contributed by atoms with E-state index in [4.69, 9.17) is 9.47 Å². The molecule has 0 radical (unpaired) electrons. The highest BCUT2D eigenvalue weighted by molar-refractivity contribution is 5.94. The smallest absolute Gasteiger partial charge is 0.231 e. The summed E-state index contributed by atoms with van der Waals surface area (Å²) in [7, 11) is 0. The first-order chi connectivity index (χ1) is 14.2. The minimum Gasteiger partial charge on any atom is -0.454 e. The Labute approximate surface area is 173 Å². The Morgan fingerprint density at radius 2 is 1.83 bits per heavy atom. The Bertz CT molecular complexity index is 833. The zero-order chi connectivity index (χ0) is 20.2. The molecule has 2 aromatic rings. The average Bonchev–Trinajstić information content (AvgIpc) is 3.25. The summed E-state index contributed by atoms with van der Waals surface area (Å²) in [6.07, 6.45) is 2.61. The lowest BCUT2D eigenvalue weighted by Crippen LogP contribution is -2.50. The van der Waals surface area contributed by atoms with Crippen LogP contribution in [0.15, 0.2) is 48.5 Å². The molecule has 2 unspecified atom stereocenters. The molecule has 0 saturated carbocycles. The van der Waals surface area contributed by atoms with Crippen molar-refractivity contribution < 1.29 is 14.3 Å². The van der Waals surface area contributed by atoms with Gasteiger partial charge >= 0.3 is 0 Å². The molecule has 1 amide bonds. The zero-order valence-electron chi connectivity index (χ0n) is 17.3. The van der Waals surface area contributed by atoms with Gasteiger partial charge in [0.15, 0.2) is 11.5 Å². The third kappa shape index (κ3) is 4.10. The van der Waals surface area contributed by atoms with Crippen LogP contribution in [0.3, 0.4) is 0 Å². The summed E-state index contributed by atoms with van der Waals surface area (Å²) in [5.41, 5.74) is 2.16. The molecule has 2 heterocycles. The van der Waals surface area contributed by atoms with E-state index in [0.29, 0.717) is 18.1 Å². The summed E-state index contributed by atoms with van der Waals surface area (Å²) < 4.78 is 11.1. The number of carbonyl (C=O) groups excluding carboxylic acids is 1. The Morgan fingerprint density at radius 3 is 2.55 bits per heavy atom. The third-order valence-electron chi connectivity index (χ3n) is 6.21. The predicted molar refractivity (Wildman–Crippen MR) is 115 cm³/mol. The first-order valence-electron chi connectivity index (χ1n) is 10.7. The number of nitrogens with one attached hydrogen (secondary N) is 1. The molecule has 29 heavy (non-hydrogen) atoms. The molecule has 0 bridgehead atoms. The molecule has 4 rings (SSSR count). The van der Waals surface area contributed by atoms with Crippen molar-refractivity contribution in [2.45, 2.75) is 45.1 Å². The van der Waals surface area contributed by atoms with E-state index >= 15 is 0 Å². The number of piperidine rings is 1. The number of benzene rings is 2. The first kappa shape index (κ1) is 19.8. The van der Waals surface area contributed by atoms with Gasteiger partial charge in [0, 0.05) is 30.1 Å². The van der Waals surface area contributed by atoms with Gasteiger partial charge in [0.2, 0.25) is 12.7 Å². The molecule has 0 aromatic heterocycles. The summed E-state index contributed by atoms with van der Waals surface area (Å²) in [5.74, 6) is 2.27.